The normalized spacial score (nSPS) is 10.3. The minimum Gasteiger partial charge on any atom is -0.449 e. The molecular formula is C11H13N3O4. The van der Waals surface area contributed by atoms with Crippen LogP contribution in [0.15, 0.2) is 23.3 Å². The van der Waals surface area contributed by atoms with Gasteiger partial charge in [0.15, 0.2) is 0 Å². The summed E-state index contributed by atoms with van der Waals surface area (Å²) >= 11 is 0. The van der Waals surface area contributed by atoms with Gasteiger partial charge in [-0.1, -0.05) is 12.1 Å². The van der Waals surface area contributed by atoms with Crippen LogP contribution in [0, 0.1) is 17.0 Å². The fourth-order valence-electron chi connectivity index (χ4n) is 1.23. The molecule has 0 fully saturated rings. The average molecular weight is 251 g/mol. The molecule has 0 aliphatic rings. The number of benzene rings is 1. The van der Waals surface area contributed by atoms with Crippen LogP contribution in [0.1, 0.15) is 18.1 Å². The molecule has 18 heavy (non-hydrogen) atoms. The Kier molecular flexibility index (Phi) is 4.79. The predicted octanol–water partition coefficient (Wildman–Crippen LogP) is 1.98. The number of nitro groups is 1. The summed E-state index contributed by atoms with van der Waals surface area (Å²) in [6.45, 7) is 3.57. The average Bonchev–Trinajstić information content (AvgIpc) is 2.31. The molecule has 1 rings (SSSR count). The van der Waals surface area contributed by atoms with E-state index in [1.165, 1.54) is 12.3 Å². The van der Waals surface area contributed by atoms with Crippen LogP contribution in [-0.4, -0.2) is 23.8 Å². The van der Waals surface area contributed by atoms with Gasteiger partial charge in [-0.2, -0.15) is 5.10 Å². The van der Waals surface area contributed by atoms with Gasteiger partial charge in [0.1, 0.15) is 0 Å². The zero-order valence-corrected chi connectivity index (χ0v) is 10.0. The quantitative estimate of drug-likeness (QED) is 0.503. The van der Waals surface area contributed by atoms with E-state index in [2.05, 4.69) is 15.3 Å². The first-order chi connectivity index (χ1) is 8.54. The molecule has 1 amide bonds. The Hall–Kier alpha value is -2.44. The summed E-state index contributed by atoms with van der Waals surface area (Å²) in [5, 5.41) is 14.3. The molecule has 7 heteroatoms. The maximum Gasteiger partial charge on any atom is 0.427 e. The molecule has 0 bridgehead atoms. The van der Waals surface area contributed by atoms with Gasteiger partial charge in [0.2, 0.25) is 0 Å². The molecule has 96 valence electrons. The monoisotopic (exact) mass is 251 g/mol. The molecule has 0 aliphatic heterocycles. The van der Waals surface area contributed by atoms with E-state index in [4.69, 9.17) is 0 Å². The van der Waals surface area contributed by atoms with Gasteiger partial charge in [-0.05, 0) is 13.8 Å². The topological polar surface area (TPSA) is 93.8 Å². The first-order valence-corrected chi connectivity index (χ1v) is 5.25. The summed E-state index contributed by atoms with van der Waals surface area (Å²) in [7, 11) is 0. The van der Waals surface area contributed by atoms with Crippen molar-refractivity contribution in [2.75, 3.05) is 6.61 Å². The summed E-state index contributed by atoms with van der Waals surface area (Å²) in [4.78, 5) is 21.2. The summed E-state index contributed by atoms with van der Waals surface area (Å²) in [6.07, 6.45) is 0.638. The number of ether oxygens (including phenoxy) is 1. The fraction of sp³-hybridized carbons (Fsp3) is 0.273. The van der Waals surface area contributed by atoms with Crippen molar-refractivity contribution in [3.63, 3.8) is 0 Å². The van der Waals surface area contributed by atoms with Gasteiger partial charge in [-0.3, -0.25) is 10.1 Å². The minimum atomic E-state index is -0.671. The number of amides is 1. The Balaban J connectivity index is 2.73. The molecule has 0 saturated carbocycles. The van der Waals surface area contributed by atoms with E-state index in [0.29, 0.717) is 11.1 Å². The molecule has 7 nitrogen and oxygen atoms in total. The van der Waals surface area contributed by atoms with Crippen LogP contribution >= 0.6 is 0 Å². The van der Waals surface area contributed by atoms with Crippen LogP contribution in [0.3, 0.4) is 0 Å². The lowest BCUT2D eigenvalue weighted by molar-refractivity contribution is -0.385. The van der Waals surface area contributed by atoms with Crippen molar-refractivity contribution < 1.29 is 14.5 Å². The molecule has 0 aromatic heterocycles. The second-order valence-electron chi connectivity index (χ2n) is 3.39. The van der Waals surface area contributed by atoms with Crippen LogP contribution in [0.25, 0.3) is 0 Å². The van der Waals surface area contributed by atoms with E-state index in [9.17, 15) is 14.9 Å². The second kappa shape index (κ2) is 6.33. The van der Waals surface area contributed by atoms with Gasteiger partial charge in [-0.25, -0.2) is 10.2 Å². The van der Waals surface area contributed by atoms with E-state index in [-0.39, 0.29) is 12.3 Å². The van der Waals surface area contributed by atoms with Gasteiger partial charge in [0, 0.05) is 17.2 Å². The summed E-state index contributed by atoms with van der Waals surface area (Å²) < 4.78 is 4.59. The van der Waals surface area contributed by atoms with Gasteiger partial charge in [-0.15, -0.1) is 0 Å². The molecule has 1 N–H and O–H groups in total. The number of aryl methyl sites for hydroxylation is 1. The fourth-order valence-corrected chi connectivity index (χ4v) is 1.23. The largest absolute Gasteiger partial charge is 0.449 e. The highest BCUT2D eigenvalue weighted by Crippen LogP contribution is 2.18. The van der Waals surface area contributed by atoms with Gasteiger partial charge in [0.25, 0.3) is 5.69 Å². The van der Waals surface area contributed by atoms with Gasteiger partial charge in [0.05, 0.1) is 17.7 Å². The van der Waals surface area contributed by atoms with E-state index in [1.807, 2.05) is 0 Å². The van der Waals surface area contributed by atoms with Crippen LogP contribution < -0.4 is 5.43 Å². The van der Waals surface area contributed by atoms with Crippen molar-refractivity contribution in [3.8, 4) is 0 Å². The first kappa shape index (κ1) is 13.6. The number of carbonyl (C=O) groups is 1. The molecule has 0 heterocycles. The summed E-state index contributed by atoms with van der Waals surface area (Å²) in [6, 6.07) is 4.66. The standard InChI is InChI=1S/C11H13N3O4/c1-3-18-11(15)13-12-7-9-5-4-8(2)10(6-9)14(16)17/h4-7H,3H2,1-2H3,(H,13,15)/b12-7-. The lowest BCUT2D eigenvalue weighted by Crippen LogP contribution is -2.18. The number of hydrogen-bond acceptors (Lipinski definition) is 5. The molecule has 0 aliphatic carbocycles. The molecule has 1 aromatic rings. The van der Waals surface area contributed by atoms with E-state index in [0.717, 1.165) is 0 Å². The molecule has 0 spiro atoms. The third-order valence-corrected chi connectivity index (χ3v) is 2.07. The number of nitrogens with zero attached hydrogens (tertiary/aromatic N) is 2. The number of hydrogen-bond donors (Lipinski definition) is 1. The molecule has 0 atom stereocenters. The maximum absolute atomic E-state index is 10.9. The smallest absolute Gasteiger partial charge is 0.427 e. The lowest BCUT2D eigenvalue weighted by atomic mass is 10.1. The Morgan fingerprint density at radius 1 is 1.61 bits per heavy atom. The van der Waals surface area contributed by atoms with Crippen molar-refractivity contribution in [2.45, 2.75) is 13.8 Å². The second-order valence-corrected chi connectivity index (χ2v) is 3.39. The van der Waals surface area contributed by atoms with Crippen molar-refractivity contribution in [2.24, 2.45) is 5.10 Å². The number of carbonyl (C=O) groups excluding carboxylic acids is 1. The highest BCUT2D eigenvalue weighted by molar-refractivity contribution is 5.82. The maximum atomic E-state index is 10.9. The molecular weight excluding hydrogens is 238 g/mol. The first-order valence-electron chi connectivity index (χ1n) is 5.25. The molecule has 0 radical (unpaired) electrons. The number of rotatable bonds is 4. The number of hydrazone groups is 1. The van der Waals surface area contributed by atoms with Gasteiger partial charge >= 0.3 is 6.09 Å². The van der Waals surface area contributed by atoms with Crippen LogP contribution in [0.5, 0.6) is 0 Å². The highest BCUT2D eigenvalue weighted by Gasteiger charge is 2.09. The van der Waals surface area contributed by atoms with Crippen LogP contribution in [0.2, 0.25) is 0 Å². The van der Waals surface area contributed by atoms with Crippen molar-refractivity contribution in [1.82, 2.24) is 5.43 Å². The summed E-state index contributed by atoms with van der Waals surface area (Å²) in [5.74, 6) is 0. The molecule has 0 saturated heterocycles. The summed E-state index contributed by atoms with van der Waals surface area (Å²) in [5.41, 5.74) is 3.23. The van der Waals surface area contributed by atoms with E-state index >= 15 is 0 Å². The number of nitro benzene ring substituents is 1. The van der Waals surface area contributed by atoms with E-state index < -0.39 is 11.0 Å². The van der Waals surface area contributed by atoms with Crippen molar-refractivity contribution >= 4 is 18.0 Å². The SMILES string of the molecule is CCOC(=O)N/N=C\c1ccc(C)c([N+](=O)[O-])c1. The molecule has 1 aromatic carbocycles. The third-order valence-electron chi connectivity index (χ3n) is 2.07. The minimum absolute atomic E-state index is 0.00934. The Morgan fingerprint density at radius 2 is 2.33 bits per heavy atom. The zero-order chi connectivity index (χ0) is 13.5. The van der Waals surface area contributed by atoms with Gasteiger partial charge < -0.3 is 4.74 Å². The Labute approximate surface area is 104 Å². The Bertz CT molecular complexity index is 485. The molecule has 0 unspecified atom stereocenters. The third kappa shape index (κ3) is 3.85. The van der Waals surface area contributed by atoms with Crippen LogP contribution in [-0.2, 0) is 4.74 Å². The van der Waals surface area contributed by atoms with Crippen LogP contribution in [0.4, 0.5) is 10.5 Å². The van der Waals surface area contributed by atoms with E-state index in [1.54, 1.807) is 26.0 Å². The Morgan fingerprint density at radius 3 is 2.94 bits per heavy atom. The predicted molar refractivity (Wildman–Crippen MR) is 65.6 cm³/mol. The number of nitrogens with one attached hydrogen (secondary N) is 1. The van der Waals surface area contributed by atoms with Crippen molar-refractivity contribution in [3.05, 3.63) is 39.4 Å². The van der Waals surface area contributed by atoms with Crippen molar-refractivity contribution in [1.29, 1.82) is 0 Å². The highest BCUT2D eigenvalue weighted by atomic mass is 16.6. The zero-order valence-electron chi connectivity index (χ0n) is 10.0. The lowest BCUT2D eigenvalue weighted by Gasteiger charge is -2.00.